The summed E-state index contributed by atoms with van der Waals surface area (Å²) >= 11 is 0. The van der Waals surface area contributed by atoms with Gasteiger partial charge in [-0.1, -0.05) is 13.0 Å². The van der Waals surface area contributed by atoms with Gasteiger partial charge in [0, 0.05) is 12.6 Å². The van der Waals surface area contributed by atoms with Gasteiger partial charge in [-0.3, -0.25) is 4.98 Å². The number of allylic oxidation sites excluding steroid dienone is 1. The summed E-state index contributed by atoms with van der Waals surface area (Å²) in [6, 6.07) is 5.14. The Hall–Kier alpha value is -2.70. The van der Waals surface area contributed by atoms with Gasteiger partial charge in [0.2, 0.25) is 5.95 Å². The molecule has 20 heavy (non-hydrogen) atoms. The summed E-state index contributed by atoms with van der Waals surface area (Å²) in [6.45, 7) is 1.95. The summed E-state index contributed by atoms with van der Waals surface area (Å²) in [7, 11) is 0. The Balaban J connectivity index is 2.11. The molecular formula is C13H13N5O2. The molecule has 102 valence electrons. The van der Waals surface area contributed by atoms with E-state index in [4.69, 9.17) is 0 Å². The predicted molar refractivity (Wildman–Crippen MR) is 71.1 cm³/mol. The molecule has 3 rings (SSSR count). The molecule has 0 saturated carbocycles. The Bertz CT molecular complexity index is 677. The van der Waals surface area contributed by atoms with E-state index in [1.807, 2.05) is 25.1 Å². The average Bonchev–Trinajstić information content (AvgIpc) is 2.90. The molecule has 0 aromatic carbocycles. The first-order valence-corrected chi connectivity index (χ1v) is 6.27. The first-order chi connectivity index (χ1) is 9.69. The van der Waals surface area contributed by atoms with Crippen molar-refractivity contribution in [3.8, 4) is 0 Å². The number of anilines is 1. The zero-order chi connectivity index (χ0) is 14.1. The first kappa shape index (κ1) is 12.3. The molecule has 0 fully saturated rings. The van der Waals surface area contributed by atoms with Crippen LogP contribution in [0.2, 0.25) is 0 Å². The molecule has 1 aliphatic heterocycles. The molecule has 0 radical (unpaired) electrons. The van der Waals surface area contributed by atoms with E-state index in [0.717, 1.165) is 5.69 Å². The van der Waals surface area contributed by atoms with Gasteiger partial charge in [0.25, 0.3) is 0 Å². The van der Waals surface area contributed by atoms with Gasteiger partial charge in [0.05, 0.1) is 5.69 Å². The minimum atomic E-state index is -1.03. The van der Waals surface area contributed by atoms with Crippen molar-refractivity contribution in [2.75, 3.05) is 5.32 Å². The van der Waals surface area contributed by atoms with Gasteiger partial charge in [-0.15, -0.1) is 0 Å². The van der Waals surface area contributed by atoms with E-state index in [0.29, 0.717) is 18.2 Å². The van der Waals surface area contributed by atoms with Crippen molar-refractivity contribution in [2.45, 2.75) is 19.4 Å². The fourth-order valence-electron chi connectivity index (χ4n) is 2.07. The lowest BCUT2D eigenvalue weighted by molar-refractivity contribution is -0.132. The number of carbonyl (C=O) groups is 1. The number of carboxylic acid groups (broad SMARTS) is 1. The van der Waals surface area contributed by atoms with Crippen LogP contribution in [0.1, 0.15) is 24.5 Å². The molecular weight excluding hydrogens is 258 g/mol. The zero-order valence-electron chi connectivity index (χ0n) is 10.8. The van der Waals surface area contributed by atoms with Crippen molar-refractivity contribution >= 4 is 11.9 Å². The van der Waals surface area contributed by atoms with Crippen LogP contribution in [0.5, 0.6) is 0 Å². The second-order valence-electron chi connectivity index (χ2n) is 4.36. The van der Waals surface area contributed by atoms with Gasteiger partial charge in [-0.05, 0) is 18.2 Å². The Morgan fingerprint density at radius 1 is 1.50 bits per heavy atom. The van der Waals surface area contributed by atoms with Crippen molar-refractivity contribution in [3.63, 3.8) is 0 Å². The lowest BCUT2D eigenvalue weighted by Crippen LogP contribution is -2.24. The Kier molecular flexibility index (Phi) is 2.94. The molecule has 1 aliphatic rings. The van der Waals surface area contributed by atoms with Crippen molar-refractivity contribution in [1.82, 2.24) is 19.7 Å². The van der Waals surface area contributed by atoms with Crippen LogP contribution in [-0.4, -0.2) is 30.8 Å². The lowest BCUT2D eigenvalue weighted by atomic mass is 10.1. The third-order valence-corrected chi connectivity index (χ3v) is 3.05. The SMILES string of the molecule is CCc1nc2n(n1)[C@@H](c1ccccn1)C=C(C(=O)O)N2. The molecule has 0 bridgehead atoms. The molecule has 1 atom stereocenters. The molecule has 7 heteroatoms. The van der Waals surface area contributed by atoms with Crippen molar-refractivity contribution < 1.29 is 9.90 Å². The number of carboxylic acids is 1. The van der Waals surface area contributed by atoms with Crippen LogP contribution >= 0.6 is 0 Å². The maximum Gasteiger partial charge on any atom is 0.352 e. The molecule has 2 N–H and O–H groups in total. The van der Waals surface area contributed by atoms with Crippen molar-refractivity contribution in [2.24, 2.45) is 0 Å². The summed E-state index contributed by atoms with van der Waals surface area (Å²) in [5.41, 5.74) is 0.810. The van der Waals surface area contributed by atoms with Gasteiger partial charge >= 0.3 is 5.97 Å². The molecule has 3 heterocycles. The van der Waals surface area contributed by atoms with E-state index in [-0.39, 0.29) is 11.7 Å². The molecule has 0 spiro atoms. The second-order valence-corrected chi connectivity index (χ2v) is 4.36. The molecule has 2 aromatic rings. The van der Waals surface area contributed by atoms with Gasteiger partial charge in [-0.25, -0.2) is 9.48 Å². The highest BCUT2D eigenvalue weighted by Crippen LogP contribution is 2.27. The predicted octanol–water partition coefficient (Wildman–Crippen LogP) is 1.22. The maximum atomic E-state index is 11.2. The molecule has 2 aromatic heterocycles. The third kappa shape index (κ3) is 2.03. The highest BCUT2D eigenvalue weighted by Gasteiger charge is 2.27. The summed E-state index contributed by atoms with van der Waals surface area (Å²) in [5, 5.41) is 16.3. The van der Waals surface area contributed by atoms with Crippen LogP contribution < -0.4 is 5.32 Å². The maximum absolute atomic E-state index is 11.2. The van der Waals surface area contributed by atoms with Crippen LogP contribution in [0.15, 0.2) is 36.2 Å². The van der Waals surface area contributed by atoms with Crippen molar-refractivity contribution in [1.29, 1.82) is 0 Å². The molecule has 7 nitrogen and oxygen atoms in total. The molecule has 0 aliphatic carbocycles. The minimum absolute atomic E-state index is 0.0863. The molecule has 0 amide bonds. The highest BCUT2D eigenvalue weighted by atomic mass is 16.4. The van der Waals surface area contributed by atoms with Gasteiger partial charge in [-0.2, -0.15) is 10.1 Å². The first-order valence-electron chi connectivity index (χ1n) is 6.27. The number of hydrogen-bond donors (Lipinski definition) is 2. The number of aliphatic carboxylic acids is 1. The summed E-state index contributed by atoms with van der Waals surface area (Å²) in [6.07, 6.45) is 3.94. The summed E-state index contributed by atoms with van der Waals surface area (Å²) in [5.74, 6) is 0.0594. The van der Waals surface area contributed by atoms with E-state index in [1.54, 1.807) is 17.0 Å². The highest BCUT2D eigenvalue weighted by molar-refractivity contribution is 5.90. The summed E-state index contributed by atoms with van der Waals surface area (Å²) in [4.78, 5) is 19.8. The second kappa shape index (κ2) is 4.76. The van der Waals surface area contributed by atoms with Crippen molar-refractivity contribution in [3.05, 3.63) is 47.7 Å². The van der Waals surface area contributed by atoms with Gasteiger partial charge < -0.3 is 10.4 Å². The number of aromatic nitrogens is 4. The van der Waals surface area contributed by atoms with E-state index in [2.05, 4.69) is 20.4 Å². The number of hydrogen-bond acceptors (Lipinski definition) is 5. The number of aryl methyl sites for hydroxylation is 1. The van der Waals surface area contributed by atoms with Crippen LogP contribution in [-0.2, 0) is 11.2 Å². The number of rotatable bonds is 3. The van der Waals surface area contributed by atoms with E-state index >= 15 is 0 Å². The monoisotopic (exact) mass is 271 g/mol. The van der Waals surface area contributed by atoms with Gasteiger partial charge in [0.15, 0.2) is 5.82 Å². The fourth-order valence-corrected chi connectivity index (χ4v) is 2.07. The van der Waals surface area contributed by atoms with E-state index < -0.39 is 5.97 Å². The number of nitrogens with zero attached hydrogens (tertiary/aromatic N) is 4. The topological polar surface area (TPSA) is 92.9 Å². The third-order valence-electron chi connectivity index (χ3n) is 3.05. The van der Waals surface area contributed by atoms with E-state index in [1.165, 1.54) is 0 Å². The zero-order valence-corrected chi connectivity index (χ0v) is 10.8. The quantitative estimate of drug-likeness (QED) is 0.871. The minimum Gasteiger partial charge on any atom is -0.477 e. The molecule has 0 unspecified atom stereocenters. The van der Waals surface area contributed by atoms with Crippen LogP contribution in [0.4, 0.5) is 5.95 Å². The Morgan fingerprint density at radius 3 is 3.00 bits per heavy atom. The smallest absolute Gasteiger partial charge is 0.352 e. The Morgan fingerprint density at radius 2 is 2.35 bits per heavy atom. The Labute approximate surface area is 115 Å². The summed E-state index contributed by atoms with van der Waals surface area (Å²) < 4.78 is 1.66. The lowest BCUT2D eigenvalue weighted by Gasteiger charge is -2.21. The number of pyridine rings is 1. The van der Waals surface area contributed by atoms with Crippen LogP contribution in [0.3, 0.4) is 0 Å². The van der Waals surface area contributed by atoms with Gasteiger partial charge in [0.1, 0.15) is 11.7 Å². The standard InChI is InChI=1S/C13H13N5O2/c1-2-11-16-13-15-9(12(19)20)7-10(18(13)17-11)8-5-3-4-6-14-8/h3-7,10H,2H2,1H3,(H,19,20)(H,15,16,17)/t10-/m1/s1. The normalized spacial score (nSPS) is 17.1. The van der Waals surface area contributed by atoms with E-state index in [9.17, 15) is 9.90 Å². The fraction of sp³-hybridized carbons (Fsp3) is 0.231. The number of fused-ring (bicyclic) bond motifs is 1. The molecule has 0 saturated heterocycles. The average molecular weight is 271 g/mol. The number of nitrogens with one attached hydrogen (secondary N) is 1. The largest absolute Gasteiger partial charge is 0.477 e. The van der Waals surface area contributed by atoms with Crippen LogP contribution in [0, 0.1) is 0 Å². The van der Waals surface area contributed by atoms with Crippen LogP contribution in [0.25, 0.3) is 0 Å².